The zero-order valence-corrected chi connectivity index (χ0v) is 92.7. The van der Waals surface area contributed by atoms with Crippen LogP contribution in [0.15, 0.2) is 139 Å². The third-order valence-electron chi connectivity index (χ3n) is 11.4. The van der Waals surface area contributed by atoms with E-state index in [9.17, 15) is 0 Å². The zero-order valence-electron chi connectivity index (χ0n) is 63.6. The van der Waals surface area contributed by atoms with Crippen molar-refractivity contribution in [1.82, 2.24) is 0 Å². The molecule has 12 nitrogen and oxygen atoms in total. The SMILES string of the molecule is CCOP(=S)(OCC)SCSc1cc(Cl)ccc1Cl.CCOP(=S)(OCC)SCSc1cc(Cl)ccc1Cl.CCOP(=S)(OCC)SCSc1cc(Cl)ccc1Cl.CCOP(=S)(OCC)SCSc1cc(Cl)ccc1Cl.CCOP(=S)(OCC)SCSc1cc(Cl)ccc1Cl.CCOP(=S)(OCC)SCSc1cc(Cl)ccc1Cl. The first-order valence-corrected chi connectivity index (χ1v) is 69.5. The fourth-order valence-corrected chi connectivity index (χ4v) is 52.2. The summed E-state index contributed by atoms with van der Waals surface area (Å²) in [5.74, 6) is 0. The molecule has 6 aromatic rings. The second kappa shape index (κ2) is 68.4. The van der Waals surface area contributed by atoms with Crippen molar-refractivity contribution in [3.63, 3.8) is 0 Å². The molecule has 0 aliphatic rings. The van der Waals surface area contributed by atoms with Crippen molar-refractivity contribution in [2.75, 3.05) is 110 Å². The average molecular weight is 2260 g/mol. The van der Waals surface area contributed by atoms with Crippen molar-refractivity contribution < 1.29 is 54.3 Å². The Balaban J connectivity index is 0.000000684. The summed E-state index contributed by atoms with van der Waals surface area (Å²) in [6.45, 7) is 29.8. The van der Waals surface area contributed by atoms with Gasteiger partial charge in [-0.1, -0.05) is 208 Å². The summed E-state index contributed by atoms with van der Waals surface area (Å²) in [5.41, 5.74) is -13.4. The van der Waals surface area contributed by atoms with Gasteiger partial charge < -0.3 is 54.3 Å². The minimum absolute atomic E-state index is 0.562. The second-order valence-corrected chi connectivity index (χ2v) is 70.7. The highest BCUT2D eigenvalue weighted by Gasteiger charge is 2.25. The standard InChI is InChI=1S/6C11H15Cl2O2PS3/c6*1-3-14-16(17,15-4-2)19-8-18-11-7-9(12)5-6-10(11)13/h6*5-7H,3-4,8H2,1-2H3. The first kappa shape index (κ1) is 118. The Morgan fingerprint density at radius 2 is 0.307 bits per heavy atom. The summed E-state index contributed by atoms with van der Waals surface area (Å²) in [6.07, 6.45) is 0. The molecule has 0 fully saturated rings. The van der Waals surface area contributed by atoms with Gasteiger partial charge >= 0.3 is 0 Å². The number of rotatable bonds is 48. The van der Waals surface area contributed by atoms with Crippen LogP contribution < -0.4 is 0 Å². The molecule has 114 heavy (non-hydrogen) atoms. The molecule has 0 unspecified atom stereocenters. The van der Waals surface area contributed by atoms with Crippen molar-refractivity contribution in [2.24, 2.45) is 0 Å². The second-order valence-electron chi connectivity index (χ2n) is 19.5. The number of hydrogen-bond donors (Lipinski definition) is 0. The zero-order chi connectivity index (χ0) is 85.8. The summed E-state index contributed by atoms with van der Waals surface area (Å²) in [6, 6.07) is 32.4. The van der Waals surface area contributed by atoms with Crippen LogP contribution in [0.1, 0.15) is 83.1 Å². The Hall–Kier alpha value is 6.42. The normalized spacial score (nSPS) is 11.8. The smallest absolute Gasteiger partial charge is 0.248 e. The predicted octanol–water partition coefficient (Wildman–Crippen LogP) is 36.4. The molecular formula is C66H90Cl12O12P6S18. The van der Waals surface area contributed by atoms with Crippen LogP contribution >= 0.6 is 312 Å². The van der Waals surface area contributed by atoms with Crippen LogP contribution in [-0.4, -0.2) is 110 Å². The lowest BCUT2D eigenvalue weighted by Crippen LogP contribution is -1.92. The van der Waals surface area contributed by atoms with Gasteiger partial charge in [-0.25, -0.2) is 0 Å². The molecule has 0 N–H and O–H groups in total. The van der Waals surface area contributed by atoms with E-state index >= 15 is 0 Å². The maximum Gasteiger partial charge on any atom is 0.248 e. The molecule has 48 heteroatoms. The van der Waals surface area contributed by atoms with E-state index in [0.717, 1.165) is 59.9 Å². The van der Waals surface area contributed by atoms with Crippen molar-refractivity contribution in [3.05, 3.63) is 169 Å². The molecule has 0 radical (unpaired) electrons. The molecule has 0 aliphatic heterocycles. The largest absolute Gasteiger partial charge is 0.322 e. The van der Waals surface area contributed by atoms with Crippen LogP contribution in [0.4, 0.5) is 0 Å². The topological polar surface area (TPSA) is 111 Å². The first-order valence-electron chi connectivity index (χ1n) is 33.7. The molecule has 0 amide bonds. The van der Waals surface area contributed by atoms with Crippen molar-refractivity contribution in [2.45, 2.75) is 112 Å². The molecule has 0 heterocycles. The lowest BCUT2D eigenvalue weighted by molar-refractivity contribution is 0.280. The number of halogens is 12. The highest BCUT2D eigenvalue weighted by atomic mass is 35.5. The Labute approximate surface area is 817 Å². The van der Waals surface area contributed by atoms with Gasteiger partial charge in [-0.2, -0.15) is 0 Å². The number of benzene rings is 6. The summed E-state index contributed by atoms with van der Waals surface area (Å²) in [7, 11) is 0. The van der Waals surface area contributed by atoms with Crippen LogP contribution in [0.3, 0.4) is 0 Å². The molecule has 0 saturated carbocycles. The molecule has 0 aromatic heterocycles. The quantitative estimate of drug-likeness (QED) is 0.0205. The van der Waals surface area contributed by atoms with Gasteiger partial charge in [-0.05, 0) is 263 Å². The van der Waals surface area contributed by atoms with Crippen LogP contribution in [0.5, 0.6) is 0 Å². The first-order chi connectivity index (χ1) is 54.0. The molecule has 0 saturated heterocycles. The third-order valence-corrected chi connectivity index (χ3v) is 58.1. The van der Waals surface area contributed by atoms with E-state index in [1.54, 1.807) is 143 Å². The van der Waals surface area contributed by atoms with Gasteiger partial charge in [0.15, 0.2) is 0 Å². The fourth-order valence-electron chi connectivity index (χ4n) is 7.02. The maximum atomic E-state index is 6.10. The van der Waals surface area contributed by atoms with Gasteiger partial charge in [-0.3, -0.25) is 0 Å². The molecule has 0 atom stereocenters. The van der Waals surface area contributed by atoms with Gasteiger partial charge in [0, 0.05) is 59.5 Å². The number of hydrogen-bond acceptors (Lipinski definition) is 30. The lowest BCUT2D eigenvalue weighted by Gasteiger charge is -2.19. The molecule has 6 aromatic carbocycles. The molecule has 648 valence electrons. The molecule has 0 bridgehead atoms. The minimum Gasteiger partial charge on any atom is -0.322 e. The van der Waals surface area contributed by atoms with Gasteiger partial charge in [0.05, 0.1) is 140 Å². The molecule has 0 aliphatic carbocycles. The minimum atomic E-state index is -2.23. The van der Waals surface area contributed by atoms with Crippen molar-refractivity contribution in [1.29, 1.82) is 0 Å². The van der Waals surface area contributed by atoms with E-state index in [-0.39, 0.29) is 0 Å². The third kappa shape index (κ3) is 53.7. The lowest BCUT2D eigenvalue weighted by atomic mass is 10.4. The van der Waals surface area contributed by atoms with Crippen LogP contribution in [0.25, 0.3) is 0 Å². The molecular weight excluding hydrogens is 2170 g/mol. The Bertz CT molecular complexity index is 3340. The fraction of sp³-hybridized carbons (Fsp3) is 0.455. The Morgan fingerprint density at radius 3 is 0.404 bits per heavy atom. The van der Waals surface area contributed by atoms with Crippen molar-refractivity contribution >= 4 is 383 Å². The van der Waals surface area contributed by atoms with E-state index in [0.29, 0.717) is 140 Å². The van der Waals surface area contributed by atoms with E-state index in [4.69, 9.17) is 264 Å². The summed E-state index contributed by atoms with van der Waals surface area (Å²) in [5, 5.41) is 12.5. The summed E-state index contributed by atoms with van der Waals surface area (Å²) in [4.78, 5) is 5.65. The average Bonchev–Trinajstić information content (AvgIpc) is 0.886. The van der Waals surface area contributed by atoms with E-state index in [1.807, 2.05) is 119 Å². The molecule has 0 spiro atoms. The Morgan fingerprint density at radius 1 is 0.202 bits per heavy atom. The van der Waals surface area contributed by atoms with Gasteiger partial charge in [0.1, 0.15) is 0 Å². The monoisotopic (exact) mass is 2260 g/mol. The highest BCUT2D eigenvalue weighted by molar-refractivity contribution is 8.71. The van der Waals surface area contributed by atoms with Gasteiger partial charge in [0.25, 0.3) is 0 Å². The molecule has 6 rings (SSSR count). The van der Waals surface area contributed by atoms with Crippen LogP contribution in [0.2, 0.25) is 60.3 Å². The Kier molecular flexibility index (Phi) is 71.1. The van der Waals surface area contributed by atoms with Crippen molar-refractivity contribution in [3.8, 4) is 0 Å². The van der Waals surface area contributed by atoms with E-state index in [1.165, 1.54) is 68.3 Å². The summed E-state index contributed by atoms with van der Waals surface area (Å²) < 4.78 is 66.7. The number of thioether (sulfide) groups is 6. The summed E-state index contributed by atoms with van der Waals surface area (Å²) >= 11 is 124. The van der Waals surface area contributed by atoms with Gasteiger partial charge in [-0.15, -0.1) is 70.6 Å². The van der Waals surface area contributed by atoms with E-state index in [2.05, 4.69) is 0 Å². The van der Waals surface area contributed by atoms with Crippen LogP contribution in [0, 0.1) is 0 Å². The highest BCUT2D eigenvalue weighted by Crippen LogP contribution is 2.67. The predicted molar refractivity (Wildman–Crippen MR) is 554 cm³/mol. The van der Waals surface area contributed by atoms with Gasteiger partial charge in [0.2, 0.25) is 34.2 Å². The maximum absolute atomic E-state index is 6.10. The van der Waals surface area contributed by atoms with Crippen LogP contribution in [-0.2, 0) is 125 Å². The van der Waals surface area contributed by atoms with E-state index < -0.39 is 34.2 Å².